The molecule has 0 aliphatic heterocycles. The SMILES string of the molecule is C=C1CC[C@@H](O)CC1=CC=C1CCC[C@]2(C)[C@@H](C(C)=O)CC[C@@H]12. The highest BCUT2D eigenvalue weighted by molar-refractivity contribution is 5.79. The second kappa shape index (κ2) is 6.39. The zero-order valence-corrected chi connectivity index (χ0v) is 14.6. The normalized spacial score (nSPS) is 41.3. The number of allylic oxidation sites excluding steroid dienone is 4. The second-order valence-electron chi connectivity index (χ2n) is 8.09. The molecular weight excluding hydrogens is 284 g/mol. The lowest BCUT2D eigenvalue weighted by Gasteiger charge is -2.41. The monoisotopic (exact) mass is 314 g/mol. The summed E-state index contributed by atoms with van der Waals surface area (Å²) in [5, 5.41) is 9.88. The molecule has 0 aromatic carbocycles. The Morgan fingerprint density at radius 1 is 1.26 bits per heavy atom. The fourth-order valence-corrected chi connectivity index (χ4v) is 5.30. The first kappa shape index (κ1) is 16.7. The van der Waals surface area contributed by atoms with Crippen molar-refractivity contribution in [3.63, 3.8) is 0 Å². The molecule has 3 aliphatic carbocycles. The molecule has 1 N–H and O–H groups in total. The van der Waals surface area contributed by atoms with Crippen molar-refractivity contribution in [3.05, 3.63) is 35.5 Å². The lowest BCUT2D eigenvalue weighted by molar-refractivity contribution is -0.124. The molecule has 126 valence electrons. The molecule has 0 heterocycles. The smallest absolute Gasteiger partial charge is 0.133 e. The summed E-state index contributed by atoms with van der Waals surface area (Å²) in [7, 11) is 0. The molecule has 0 aromatic rings. The van der Waals surface area contributed by atoms with Crippen molar-refractivity contribution in [1.82, 2.24) is 0 Å². The van der Waals surface area contributed by atoms with Gasteiger partial charge in [0.1, 0.15) is 5.78 Å². The van der Waals surface area contributed by atoms with Gasteiger partial charge in [-0.3, -0.25) is 4.79 Å². The van der Waals surface area contributed by atoms with Gasteiger partial charge in [-0.25, -0.2) is 0 Å². The summed E-state index contributed by atoms with van der Waals surface area (Å²) < 4.78 is 0. The van der Waals surface area contributed by atoms with Crippen molar-refractivity contribution in [1.29, 1.82) is 0 Å². The van der Waals surface area contributed by atoms with E-state index in [-0.39, 0.29) is 17.4 Å². The number of carbonyl (C=O) groups is 1. The zero-order valence-electron chi connectivity index (χ0n) is 14.6. The van der Waals surface area contributed by atoms with Gasteiger partial charge in [0, 0.05) is 5.92 Å². The van der Waals surface area contributed by atoms with Gasteiger partial charge in [0.05, 0.1) is 6.10 Å². The van der Waals surface area contributed by atoms with Crippen molar-refractivity contribution in [2.24, 2.45) is 17.3 Å². The van der Waals surface area contributed by atoms with E-state index >= 15 is 0 Å². The van der Waals surface area contributed by atoms with E-state index in [4.69, 9.17) is 0 Å². The number of aliphatic hydroxyl groups is 1. The molecule has 0 spiro atoms. The third kappa shape index (κ3) is 3.10. The van der Waals surface area contributed by atoms with Gasteiger partial charge in [0.15, 0.2) is 0 Å². The Kier molecular flexibility index (Phi) is 4.64. The third-order valence-electron chi connectivity index (χ3n) is 6.64. The van der Waals surface area contributed by atoms with E-state index in [1.807, 2.05) is 0 Å². The number of aliphatic hydroxyl groups excluding tert-OH is 1. The molecule has 0 radical (unpaired) electrons. The Morgan fingerprint density at radius 2 is 2.04 bits per heavy atom. The molecule has 23 heavy (non-hydrogen) atoms. The highest BCUT2D eigenvalue weighted by Crippen LogP contribution is 2.57. The third-order valence-corrected chi connectivity index (χ3v) is 6.64. The van der Waals surface area contributed by atoms with Crippen LogP contribution in [0.1, 0.15) is 65.2 Å². The first-order chi connectivity index (χ1) is 10.9. The summed E-state index contributed by atoms with van der Waals surface area (Å²) in [6, 6.07) is 0. The van der Waals surface area contributed by atoms with Crippen LogP contribution >= 0.6 is 0 Å². The van der Waals surface area contributed by atoms with Crippen LogP contribution in [0.3, 0.4) is 0 Å². The number of carbonyl (C=O) groups excluding carboxylic acids is 1. The highest BCUT2D eigenvalue weighted by Gasteiger charge is 2.50. The Morgan fingerprint density at radius 3 is 2.78 bits per heavy atom. The summed E-state index contributed by atoms with van der Waals surface area (Å²) in [6.45, 7) is 8.26. The maximum Gasteiger partial charge on any atom is 0.133 e. The van der Waals surface area contributed by atoms with E-state index in [0.29, 0.717) is 11.7 Å². The summed E-state index contributed by atoms with van der Waals surface area (Å²) in [4.78, 5) is 12.0. The number of rotatable bonds is 2. The molecule has 0 amide bonds. The van der Waals surface area contributed by atoms with Crippen LogP contribution in [0.25, 0.3) is 0 Å². The fraction of sp³-hybridized carbons (Fsp3) is 0.667. The van der Waals surface area contributed by atoms with E-state index in [1.54, 1.807) is 6.92 Å². The first-order valence-electron chi connectivity index (χ1n) is 9.18. The lowest BCUT2D eigenvalue weighted by atomic mass is 9.63. The Bertz CT molecular complexity index is 568. The van der Waals surface area contributed by atoms with E-state index in [9.17, 15) is 9.90 Å². The summed E-state index contributed by atoms with van der Waals surface area (Å²) >= 11 is 0. The van der Waals surface area contributed by atoms with E-state index < -0.39 is 0 Å². The predicted octanol–water partition coefficient (Wildman–Crippen LogP) is 4.75. The van der Waals surface area contributed by atoms with Crippen LogP contribution < -0.4 is 0 Å². The average molecular weight is 314 g/mol. The molecule has 0 unspecified atom stereocenters. The molecule has 2 heteroatoms. The topological polar surface area (TPSA) is 37.3 Å². The van der Waals surface area contributed by atoms with E-state index in [2.05, 4.69) is 25.7 Å². The first-order valence-corrected chi connectivity index (χ1v) is 9.18. The minimum atomic E-state index is -0.213. The Hall–Kier alpha value is -1.15. The molecule has 0 bridgehead atoms. The molecule has 0 saturated heterocycles. The van der Waals surface area contributed by atoms with Crippen molar-refractivity contribution in [2.75, 3.05) is 0 Å². The molecule has 3 rings (SSSR count). The fourth-order valence-electron chi connectivity index (χ4n) is 5.30. The minimum absolute atomic E-state index is 0.164. The molecule has 4 atom stereocenters. The van der Waals surface area contributed by atoms with Gasteiger partial charge in [0.25, 0.3) is 0 Å². The molecule has 2 nitrogen and oxygen atoms in total. The lowest BCUT2D eigenvalue weighted by Crippen LogP contribution is -2.36. The van der Waals surface area contributed by atoms with Gasteiger partial charge in [-0.2, -0.15) is 0 Å². The van der Waals surface area contributed by atoms with Crippen molar-refractivity contribution < 1.29 is 9.90 Å². The van der Waals surface area contributed by atoms with Gasteiger partial charge in [0.2, 0.25) is 0 Å². The number of hydrogen-bond donors (Lipinski definition) is 1. The van der Waals surface area contributed by atoms with Crippen molar-refractivity contribution in [3.8, 4) is 0 Å². The largest absolute Gasteiger partial charge is 0.393 e. The standard InChI is InChI=1S/C21H30O2/c1-14-6-9-18(23)13-17(14)8-7-16-5-4-12-21(3)19(15(2)22)10-11-20(16)21/h7-8,18-20,23H,1,4-6,9-13H2,2-3H3/t18-,19-,20+,21-/m1/s1. The maximum atomic E-state index is 12.0. The number of ketones is 1. The van der Waals surface area contributed by atoms with Gasteiger partial charge < -0.3 is 5.11 Å². The van der Waals surface area contributed by atoms with Gasteiger partial charge in [-0.15, -0.1) is 0 Å². The quantitative estimate of drug-likeness (QED) is 0.799. The Balaban J connectivity index is 1.83. The van der Waals surface area contributed by atoms with Crippen LogP contribution in [-0.4, -0.2) is 17.0 Å². The van der Waals surface area contributed by atoms with Crippen LogP contribution in [0.5, 0.6) is 0 Å². The highest BCUT2D eigenvalue weighted by atomic mass is 16.3. The summed E-state index contributed by atoms with van der Waals surface area (Å²) in [5.74, 6) is 1.18. The van der Waals surface area contributed by atoms with Crippen molar-refractivity contribution in [2.45, 2.75) is 71.3 Å². The van der Waals surface area contributed by atoms with Crippen LogP contribution in [0.4, 0.5) is 0 Å². The molecule has 0 aromatic heterocycles. The van der Waals surface area contributed by atoms with E-state index in [0.717, 1.165) is 38.5 Å². The van der Waals surface area contributed by atoms with Gasteiger partial charge in [-0.1, -0.05) is 36.8 Å². The zero-order chi connectivity index (χ0) is 16.6. The number of hydrogen-bond acceptors (Lipinski definition) is 2. The Labute approximate surface area is 140 Å². The van der Waals surface area contributed by atoms with Crippen LogP contribution in [0.15, 0.2) is 35.5 Å². The predicted molar refractivity (Wildman–Crippen MR) is 94.0 cm³/mol. The maximum absolute atomic E-state index is 12.0. The van der Waals surface area contributed by atoms with E-state index in [1.165, 1.54) is 29.6 Å². The second-order valence-corrected chi connectivity index (χ2v) is 8.09. The van der Waals surface area contributed by atoms with Crippen LogP contribution in [0.2, 0.25) is 0 Å². The summed E-state index contributed by atoms with van der Waals surface area (Å²) in [6.07, 6.45) is 12.5. The minimum Gasteiger partial charge on any atom is -0.393 e. The van der Waals surface area contributed by atoms with Gasteiger partial charge >= 0.3 is 0 Å². The number of Topliss-reactive ketones (excluding diaryl/α,β-unsaturated/α-hetero) is 1. The van der Waals surface area contributed by atoms with Crippen LogP contribution in [-0.2, 0) is 4.79 Å². The summed E-state index contributed by atoms with van der Waals surface area (Å²) in [5.41, 5.74) is 4.07. The molecular formula is C21H30O2. The molecule has 3 aliphatic rings. The molecule has 3 saturated carbocycles. The number of fused-ring (bicyclic) bond motifs is 1. The van der Waals surface area contributed by atoms with Crippen LogP contribution in [0, 0.1) is 17.3 Å². The molecule has 3 fully saturated rings. The van der Waals surface area contributed by atoms with Crippen molar-refractivity contribution >= 4 is 5.78 Å². The van der Waals surface area contributed by atoms with Gasteiger partial charge in [-0.05, 0) is 75.2 Å². The average Bonchev–Trinajstić information content (AvgIpc) is 2.86.